The van der Waals surface area contributed by atoms with Gasteiger partial charge >= 0.3 is 0 Å². The number of ether oxygens (including phenoxy) is 1. The maximum absolute atomic E-state index is 13.0. The SMILES string of the molecule is COCCNC(=O)Cn1c(=O)/c(=C\c2cccc(C)c2)s/c1=C\C(=O)C(C)(C)C. The Morgan fingerprint density at radius 1 is 1.28 bits per heavy atom. The molecule has 0 aliphatic carbocycles. The average Bonchev–Trinajstić information content (AvgIpc) is 2.90. The highest BCUT2D eigenvalue weighted by Gasteiger charge is 2.20. The third-order valence-electron chi connectivity index (χ3n) is 4.20. The smallest absolute Gasteiger partial charge is 0.269 e. The second-order valence-corrected chi connectivity index (χ2v) is 8.92. The van der Waals surface area contributed by atoms with E-state index >= 15 is 0 Å². The van der Waals surface area contributed by atoms with Crippen LogP contribution in [-0.4, -0.2) is 36.5 Å². The summed E-state index contributed by atoms with van der Waals surface area (Å²) in [6.07, 6.45) is 3.25. The number of ketones is 1. The van der Waals surface area contributed by atoms with Crippen LogP contribution in [0.25, 0.3) is 12.2 Å². The number of methoxy groups -OCH3 is 1. The summed E-state index contributed by atoms with van der Waals surface area (Å²) in [7, 11) is 1.55. The van der Waals surface area contributed by atoms with Crippen LogP contribution < -0.4 is 20.1 Å². The monoisotopic (exact) mass is 416 g/mol. The third kappa shape index (κ3) is 6.51. The molecule has 6 nitrogen and oxygen atoms in total. The highest BCUT2D eigenvalue weighted by atomic mass is 32.1. The minimum atomic E-state index is -0.577. The Morgan fingerprint density at radius 2 is 2.00 bits per heavy atom. The van der Waals surface area contributed by atoms with Crippen LogP contribution in [-0.2, 0) is 20.9 Å². The van der Waals surface area contributed by atoms with Crippen molar-refractivity contribution in [1.82, 2.24) is 9.88 Å². The summed E-state index contributed by atoms with van der Waals surface area (Å²) in [6.45, 7) is 8.03. The lowest BCUT2D eigenvalue weighted by atomic mass is 9.91. The van der Waals surface area contributed by atoms with E-state index in [2.05, 4.69) is 5.32 Å². The fourth-order valence-corrected chi connectivity index (χ4v) is 3.57. The molecule has 0 fully saturated rings. The zero-order chi connectivity index (χ0) is 21.6. The zero-order valence-electron chi connectivity index (χ0n) is 17.6. The molecule has 0 atom stereocenters. The Balaban J connectivity index is 2.53. The Morgan fingerprint density at radius 3 is 2.62 bits per heavy atom. The van der Waals surface area contributed by atoms with Crippen molar-refractivity contribution in [2.75, 3.05) is 20.3 Å². The summed E-state index contributed by atoms with van der Waals surface area (Å²) in [4.78, 5) is 37.8. The first kappa shape index (κ1) is 22.8. The van der Waals surface area contributed by atoms with Crippen LogP contribution in [0.4, 0.5) is 0 Å². The van der Waals surface area contributed by atoms with Crippen molar-refractivity contribution in [3.63, 3.8) is 0 Å². The second-order valence-electron chi connectivity index (χ2n) is 7.86. The maximum Gasteiger partial charge on any atom is 0.269 e. The summed E-state index contributed by atoms with van der Waals surface area (Å²) in [6, 6.07) is 7.80. The van der Waals surface area contributed by atoms with Gasteiger partial charge in [-0.3, -0.25) is 19.0 Å². The fourth-order valence-electron chi connectivity index (χ4n) is 2.52. The number of aromatic nitrogens is 1. The number of Topliss-reactive ketones (excluding diaryl/α,β-unsaturated/α-hetero) is 1. The van der Waals surface area contributed by atoms with Crippen LogP contribution in [0.3, 0.4) is 0 Å². The van der Waals surface area contributed by atoms with Gasteiger partial charge in [-0.2, -0.15) is 0 Å². The van der Waals surface area contributed by atoms with Crippen molar-refractivity contribution < 1.29 is 14.3 Å². The molecular formula is C22H28N2O4S. The van der Waals surface area contributed by atoms with E-state index in [9.17, 15) is 14.4 Å². The lowest BCUT2D eigenvalue weighted by molar-refractivity contribution is -0.122. The highest BCUT2D eigenvalue weighted by molar-refractivity contribution is 7.07. The van der Waals surface area contributed by atoms with E-state index in [-0.39, 0.29) is 23.8 Å². The number of amides is 1. The van der Waals surface area contributed by atoms with Gasteiger partial charge in [0.15, 0.2) is 5.78 Å². The number of thiazole rings is 1. The quantitative estimate of drug-likeness (QED) is 0.688. The predicted octanol–water partition coefficient (Wildman–Crippen LogP) is 1.21. The number of nitrogens with one attached hydrogen (secondary N) is 1. The van der Waals surface area contributed by atoms with Crippen molar-refractivity contribution in [3.8, 4) is 0 Å². The van der Waals surface area contributed by atoms with Gasteiger partial charge in [-0.1, -0.05) is 50.6 Å². The molecule has 0 spiro atoms. The molecule has 29 heavy (non-hydrogen) atoms. The molecule has 1 aromatic carbocycles. The van der Waals surface area contributed by atoms with Crippen LogP contribution in [0.1, 0.15) is 31.9 Å². The normalized spacial score (nSPS) is 13.0. The van der Waals surface area contributed by atoms with E-state index in [1.54, 1.807) is 13.2 Å². The lowest BCUT2D eigenvalue weighted by Gasteiger charge is -2.13. The molecule has 7 heteroatoms. The first-order valence-electron chi connectivity index (χ1n) is 9.41. The van der Waals surface area contributed by atoms with Crippen molar-refractivity contribution in [3.05, 3.63) is 54.9 Å². The van der Waals surface area contributed by atoms with E-state index in [4.69, 9.17) is 4.74 Å². The topological polar surface area (TPSA) is 77.4 Å². The molecule has 1 heterocycles. The second kappa shape index (κ2) is 9.80. The molecule has 0 saturated carbocycles. The standard InChI is InChI=1S/C22H28N2O4S/c1-15-7-6-8-16(11-15)12-17-21(27)24(14-19(26)23-9-10-28-5)20(29-17)13-18(25)22(2,3)4/h6-8,11-13H,9-10,14H2,1-5H3,(H,23,26)/b17-12+,20-13-. The molecule has 1 N–H and O–H groups in total. The number of hydrogen-bond donors (Lipinski definition) is 1. The number of rotatable bonds is 7. The number of carbonyl (C=O) groups is 2. The molecule has 0 saturated heterocycles. The summed E-state index contributed by atoms with van der Waals surface area (Å²) in [5, 5.41) is 2.71. The number of hydrogen-bond acceptors (Lipinski definition) is 5. The Bertz CT molecular complexity index is 1060. The molecule has 0 aliphatic rings. The van der Waals surface area contributed by atoms with Gasteiger partial charge < -0.3 is 10.1 Å². The molecule has 0 unspecified atom stereocenters. The Kier molecular flexibility index (Phi) is 7.70. The molecule has 2 rings (SSSR count). The van der Waals surface area contributed by atoms with E-state index in [1.165, 1.54) is 22.0 Å². The minimum absolute atomic E-state index is 0.102. The van der Waals surface area contributed by atoms with Crippen molar-refractivity contribution in [2.24, 2.45) is 5.41 Å². The zero-order valence-corrected chi connectivity index (χ0v) is 18.4. The predicted molar refractivity (Wildman–Crippen MR) is 116 cm³/mol. The maximum atomic E-state index is 13.0. The minimum Gasteiger partial charge on any atom is -0.383 e. The first-order chi connectivity index (χ1) is 13.6. The van der Waals surface area contributed by atoms with Crippen LogP contribution in [0.5, 0.6) is 0 Å². The van der Waals surface area contributed by atoms with E-state index in [0.717, 1.165) is 11.1 Å². The first-order valence-corrected chi connectivity index (χ1v) is 10.2. The van der Waals surface area contributed by atoms with Crippen molar-refractivity contribution in [2.45, 2.75) is 34.2 Å². The summed E-state index contributed by atoms with van der Waals surface area (Å²) >= 11 is 1.22. The van der Waals surface area contributed by atoms with E-state index < -0.39 is 5.41 Å². The van der Waals surface area contributed by atoms with Gasteiger partial charge in [-0.25, -0.2) is 0 Å². The molecule has 2 aromatic rings. The van der Waals surface area contributed by atoms with Crippen LogP contribution in [0.15, 0.2) is 29.1 Å². The van der Waals surface area contributed by atoms with Crippen LogP contribution >= 0.6 is 11.3 Å². The van der Waals surface area contributed by atoms with Gasteiger partial charge in [0.05, 0.1) is 11.1 Å². The van der Waals surface area contributed by atoms with Crippen molar-refractivity contribution in [1.29, 1.82) is 0 Å². The van der Waals surface area contributed by atoms with Gasteiger partial charge in [-0.15, -0.1) is 11.3 Å². The third-order valence-corrected chi connectivity index (χ3v) is 5.26. The molecule has 1 amide bonds. The van der Waals surface area contributed by atoms with E-state index in [1.807, 2.05) is 52.0 Å². The van der Waals surface area contributed by atoms with Gasteiger partial charge in [0.2, 0.25) is 5.91 Å². The molecular weight excluding hydrogens is 388 g/mol. The van der Waals surface area contributed by atoms with Gasteiger partial charge in [0.25, 0.3) is 5.56 Å². The Hall–Kier alpha value is -2.51. The highest BCUT2D eigenvalue weighted by Crippen LogP contribution is 2.14. The fraction of sp³-hybridized carbons (Fsp3) is 0.409. The Labute approximate surface area is 174 Å². The van der Waals surface area contributed by atoms with Crippen LogP contribution in [0.2, 0.25) is 0 Å². The van der Waals surface area contributed by atoms with Crippen molar-refractivity contribution >= 4 is 35.2 Å². The van der Waals surface area contributed by atoms with Crippen LogP contribution in [0, 0.1) is 12.3 Å². The molecule has 0 radical (unpaired) electrons. The van der Waals surface area contributed by atoms with Gasteiger partial charge in [0, 0.05) is 25.1 Å². The molecule has 0 aliphatic heterocycles. The van der Waals surface area contributed by atoms with Gasteiger partial charge in [0.1, 0.15) is 11.2 Å². The summed E-state index contributed by atoms with van der Waals surface area (Å²) < 4.78 is 7.23. The number of carbonyl (C=O) groups excluding carboxylic acids is 2. The molecule has 0 bridgehead atoms. The number of aryl methyl sites for hydroxylation is 1. The number of benzene rings is 1. The van der Waals surface area contributed by atoms with E-state index in [0.29, 0.717) is 22.3 Å². The lowest BCUT2D eigenvalue weighted by Crippen LogP contribution is -2.39. The summed E-state index contributed by atoms with van der Waals surface area (Å²) in [5.41, 5.74) is 1.12. The largest absolute Gasteiger partial charge is 0.383 e. The average molecular weight is 417 g/mol. The summed E-state index contributed by atoms with van der Waals surface area (Å²) in [5.74, 6) is -0.406. The number of nitrogens with zero attached hydrogens (tertiary/aromatic N) is 1. The molecule has 1 aromatic heterocycles. The van der Waals surface area contributed by atoms with Gasteiger partial charge in [-0.05, 0) is 18.6 Å². The molecule has 156 valence electrons.